The van der Waals surface area contributed by atoms with Crippen LogP contribution < -0.4 is 5.32 Å². The number of nitrogens with one attached hydrogen (secondary N) is 1. The van der Waals surface area contributed by atoms with Crippen molar-refractivity contribution in [1.29, 1.82) is 0 Å². The minimum Gasteiger partial charge on any atom is -0.481 e. The van der Waals surface area contributed by atoms with E-state index < -0.39 is 11.9 Å². The molecule has 0 radical (unpaired) electrons. The van der Waals surface area contributed by atoms with Crippen LogP contribution in [0.4, 0.5) is 4.79 Å². The van der Waals surface area contributed by atoms with E-state index in [0.717, 1.165) is 31.0 Å². The van der Waals surface area contributed by atoms with Crippen LogP contribution in [-0.4, -0.2) is 53.1 Å². The van der Waals surface area contributed by atoms with Crippen molar-refractivity contribution in [3.8, 4) is 0 Å². The summed E-state index contributed by atoms with van der Waals surface area (Å²) in [5.41, 5.74) is -0.0625. The smallest absolute Gasteiger partial charge is 0.317 e. The number of rotatable bonds is 4. The standard InChI is InChI=1S/C14H26N2O3S/c1-14(2,3)9-11(12(17)18)10-15-13(19)16-5-4-7-20-8-6-16/h11H,4-10H2,1-3H3,(H,15,19)(H,17,18). The predicted molar refractivity (Wildman–Crippen MR) is 82.1 cm³/mol. The van der Waals surface area contributed by atoms with Gasteiger partial charge in [0.2, 0.25) is 0 Å². The maximum Gasteiger partial charge on any atom is 0.317 e. The van der Waals surface area contributed by atoms with Gasteiger partial charge in [-0.25, -0.2) is 4.79 Å². The summed E-state index contributed by atoms with van der Waals surface area (Å²) >= 11 is 1.86. The summed E-state index contributed by atoms with van der Waals surface area (Å²) in [4.78, 5) is 25.1. The Labute approximate surface area is 125 Å². The molecule has 0 spiro atoms. The number of amides is 2. The van der Waals surface area contributed by atoms with Gasteiger partial charge < -0.3 is 15.3 Å². The molecule has 1 heterocycles. The third-order valence-corrected chi connectivity index (χ3v) is 4.27. The molecule has 1 rings (SSSR count). The molecule has 1 saturated heterocycles. The highest BCUT2D eigenvalue weighted by Gasteiger charge is 2.26. The Kier molecular flexibility index (Phi) is 6.65. The monoisotopic (exact) mass is 302 g/mol. The number of carboxylic acid groups (broad SMARTS) is 1. The number of thioether (sulfide) groups is 1. The first-order valence-electron chi connectivity index (χ1n) is 7.13. The van der Waals surface area contributed by atoms with Crippen LogP contribution in [0.25, 0.3) is 0 Å². The average Bonchev–Trinajstić information content (AvgIpc) is 2.61. The van der Waals surface area contributed by atoms with E-state index in [9.17, 15) is 14.7 Å². The second kappa shape index (κ2) is 7.76. The molecule has 0 aromatic heterocycles. The lowest BCUT2D eigenvalue weighted by atomic mass is 9.84. The molecule has 6 heteroatoms. The van der Waals surface area contributed by atoms with E-state index in [0.29, 0.717) is 6.42 Å². The van der Waals surface area contributed by atoms with Gasteiger partial charge >= 0.3 is 12.0 Å². The van der Waals surface area contributed by atoms with E-state index in [1.807, 2.05) is 32.5 Å². The van der Waals surface area contributed by atoms with Crippen LogP contribution in [-0.2, 0) is 4.79 Å². The third kappa shape index (κ3) is 6.50. The third-order valence-electron chi connectivity index (χ3n) is 3.22. The number of carbonyl (C=O) groups is 2. The van der Waals surface area contributed by atoms with Gasteiger partial charge in [-0.15, -0.1) is 0 Å². The molecule has 2 amide bonds. The summed E-state index contributed by atoms with van der Waals surface area (Å²) in [6, 6.07) is -0.132. The van der Waals surface area contributed by atoms with E-state index in [2.05, 4.69) is 5.32 Å². The highest BCUT2D eigenvalue weighted by Crippen LogP contribution is 2.24. The van der Waals surface area contributed by atoms with Crippen molar-refractivity contribution in [2.24, 2.45) is 11.3 Å². The van der Waals surface area contributed by atoms with Crippen molar-refractivity contribution in [2.75, 3.05) is 31.1 Å². The van der Waals surface area contributed by atoms with Crippen LogP contribution in [0.15, 0.2) is 0 Å². The molecular weight excluding hydrogens is 276 g/mol. The average molecular weight is 302 g/mol. The molecule has 1 atom stereocenters. The van der Waals surface area contributed by atoms with Gasteiger partial charge in [0.15, 0.2) is 0 Å². The molecule has 116 valence electrons. The van der Waals surface area contributed by atoms with E-state index in [-0.39, 0.29) is 18.0 Å². The fraction of sp³-hybridized carbons (Fsp3) is 0.857. The molecule has 20 heavy (non-hydrogen) atoms. The van der Waals surface area contributed by atoms with Crippen LogP contribution in [0.2, 0.25) is 0 Å². The summed E-state index contributed by atoms with van der Waals surface area (Å²) in [6.45, 7) is 7.74. The lowest BCUT2D eigenvalue weighted by molar-refractivity contribution is -0.142. The van der Waals surface area contributed by atoms with Crippen LogP contribution in [0.5, 0.6) is 0 Å². The zero-order chi connectivity index (χ0) is 15.2. The lowest BCUT2D eigenvalue weighted by Crippen LogP contribution is -2.44. The Hall–Kier alpha value is -0.910. The normalized spacial score (nSPS) is 18.2. The molecule has 0 aromatic carbocycles. The maximum atomic E-state index is 12.1. The van der Waals surface area contributed by atoms with Crippen molar-refractivity contribution in [3.05, 3.63) is 0 Å². The first-order chi connectivity index (χ1) is 9.29. The van der Waals surface area contributed by atoms with Gasteiger partial charge in [-0.05, 0) is 24.0 Å². The number of carbonyl (C=O) groups excluding carboxylic acids is 1. The molecule has 1 fully saturated rings. The first-order valence-corrected chi connectivity index (χ1v) is 8.28. The van der Waals surface area contributed by atoms with E-state index in [1.54, 1.807) is 4.90 Å². The molecule has 0 aliphatic carbocycles. The molecular formula is C14H26N2O3S. The topological polar surface area (TPSA) is 69.6 Å². The summed E-state index contributed by atoms with van der Waals surface area (Å²) in [5, 5.41) is 12.0. The van der Waals surface area contributed by atoms with Crippen molar-refractivity contribution < 1.29 is 14.7 Å². The largest absolute Gasteiger partial charge is 0.481 e. The zero-order valence-corrected chi connectivity index (χ0v) is 13.5. The van der Waals surface area contributed by atoms with Crippen molar-refractivity contribution in [1.82, 2.24) is 10.2 Å². The number of aliphatic carboxylic acids is 1. The summed E-state index contributed by atoms with van der Waals surface area (Å²) in [6.07, 6.45) is 1.56. The molecule has 1 unspecified atom stereocenters. The second-order valence-corrected chi connectivity index (χ2v) is 7.66. The highest BCUT2D eigenvalue weighted by atomic mass is 32.2. The molecule has 0 saturated carbocycles. The van der Waals surface area contributed by atoms with Gasteiger partial charge in [0, 0.05) is 25.4 Å². The van der Waals surface area contributed by atoms with Gasteiger partial charge in [-0.3, -0.25) is 4.79 Å². The van der Waals surface area contributed by atoms with Crippen LogP contribution in [0, 0.1) is 11.3 Å². The molecule has 2 N–H and O–H groups in total. The quantitative estimate of drug-likeness (QED) is 0.836. The number of hydrogen-bond acceptors (Lipinski definition) is 3. The van der Waals surface area contributed by atoms with E-state index in [4.69, 9.17) is 0 Å². The SMILES string of the molecule is CC(C)(C)CC(CNC(=O)N1CCCSCC1)C(=O)O. The van der Waals surface area contributed by atoms with Crippen LogP contribution in [0.3, 0.4) is 0 Å². The van der Waals surface area contributed by atoms with Gasteiger partial charge in [0.1, 0.15) is 0 Å². The van der Waals surface area contributed by atoms with Crippen molar-refractivity contribution >= 4 is 23.8 Å². The summed E-state index contributed by atoms with van der Waals surface area (Å²) < 4.78 is 0. The highest BCUT2D eigenvalue weighted by molar-refractivity contribution is 7.99. The molecule has 1 aliphatic rings. The first kappa shape index (κ1) is 17.1. The van der Waals surface area contributed by atoms with Crippen molar-refractivity contribution in [2.45, 2.75) is 33.6 Å². The Morgan fingerprint density at radius 3 is 2.60 bits per heavy atom. The van der Waals surface area contributed by atoms with Gasteiger partial charge in [-0.1, -0.05) is 20.8 Å². The molecule has 0 bridgehead atoms. The van der Waals surface area contributed by atoms with E-state index in [1.165, 1.54) is 0 Å². The fourth-order valence-electron chi connectivity index (χ4n) is 2.26. The molecule has 5 nitrogen and oxygen atoms in total. The number of hydrogen-bond donors (Lipinski definition) is 2. The van der Waals surface area contributed by atoms with Crippen LogP contribution in [0.1, 0.15) is 33.6 Å². The minimum absolute atomic E-state index is 0.0625. The molecule has 0 aromatic rings. The number of nitrogens with zero attached hydrogens (tertiary/aromatic N) is 1. The maximum absolute atomic E-state index is 12.1. The van der Waals surface area contributed by atoms with Gasteiger partial charge in [0.25, 0.3) is 0 Å². The Balaban J connectivity index is 2.45. The number of carboxylic acids is 1. The van der Waals surface area contributed by atoms with Gasteiger partial charge in [0.05, 0.1) is 5.92 Å². The summed E-state index contributed by atoms with van der Waals surface area (Å²) in [5.74, 6) is 0.676. The number of urea groups is 1. The minimum atomic E-state index is -0.841. The predicted octanol–water partition coefficient (Wildman–Crippen LogP) is 2.27. The summed E-state index contributed by atoms with van der Waals surface area (Å²) in [7, 11) is 0. The van der Waals surface area contributed by atoms with Gasteiger partial charge in [-0.2, -0.15) is 11.8 Å². The van der Waals surface area contributed by atoms with Crippen molar-refractivity contribution in [3.63, 3.8) is 0 Å². The zero-order valence-electron chi connectivity index (χ0n) is 12.6. The Morgan fingerprint density at radius 2 is 2.00 bits per heavy atom. The molecule has 1 aliphatic heterocycles. The lowest BCUT2D eigenvalue weighted by Gasteiger charge is -2.25. The Bertz CT molecular complexity index is 334. The Morgan fingerprint density at radius 1 is 1.30 bits per heavy atom. The fourth-order valence-corrected chi connectivity index (χ4v) is 3.14. The second-order valence-electron chi connectivity index (χ2n) is 6.44. The van der Waals surface area contributed by atoms with Crippen LogP contribution >= 0.6 is 11.8 Å². The van der Waals surface area contributed by atoms with E-state index >= 15 is 0 Å².